The number of nitrogens with one attached hydrogen (secondary N) is 2. The van der Waals surface area contributed by atoms with Crippen molar-refractivity contribution in [2.75, 3.05) is 11.6 Å². The maximum Gasteiger partial charge on any atom is 0.247 e. The van der Waals surface area contributed by atoms with Gasteiger partial charge in [0.05, 0.1) is 5.69 Å². The van der Waals surface area contributed by atoms with Crippen LogP contribution in [0.2, 0.25) is 0 Å². The summed E-state index contributed by atoms with van der Waals surface area (Å²) >= 11 is 1.59. The van der Waals surface area contributed by atoms with Crippen molar-refractivity contribution in [2.45, 2.75) is 43.5 Å². The van der Waals surface area contributed by atoms with Crippen molar-refractivity contribution >= 4 is 29.3 Å². The highest BCUT2D eigenvalue weighted by atomic mass is 32.2. The quantitative estimate of drug-likeness (QED) is 0.822. The second-order valence-corrected chi connectivity index (χ2v) is 6.26. The van der Waals surface area contributed by atoms with Crippen LogP contribution in [0.25, 0.3) is 0 Å². The summed E-state index contributed by atoms with van der Waals surface area (Å²) in [5, 5.41) is 5.79. The zero-order valence-corrected chi connectivity index (χ0v) is 13.3. The summed E-state index contributed by atoms with van der Waals surface area (Å²) in [6, 6.07) is 7.29. The zero-order chi connectivity index (χ0) is 15.2. The van der Waals surface area contributed by atoms with E-state index in [-0.39, 0.29) is 17.7 Å². The molecule has 0 heterocycles. The van der Waals surface area contributed by atoms with Crippen molar-refractivity contribution in [1.29, 1.82) is 0 Å². The van der Waals surface area contributed by atoms with Gasteiger partial charge in [0.1, 0.15) is 6.04 Å². The number of rotatable bonds is 5. The van der Waals surface area contributed by atoms with Crippen molar-refractivity contribution in [1.82, 2.24) is 5.32 Å². The number of amides is 2. The maximum atomic E-state index is 12.6. The number of hydrogen-bond donors (Lipinski definition) is 2. The predicted octanol–water partition coefficient (Wildman–Crippen LogP) is 3.04. The Morgan fingerprint density at radius 3 is 2.52 bits per heavy atom. The first-order valence-electron chi connectivity index (χ1n) is 7.33. The van der Waals surface area contributed by atoms with E-state index < -0.39 is 6.04 Å². The van der Waals surface area contributed by atoms with E-state index in [0.29, 0.717) is 0 Å². The van der Waals surface area contributed by atoms with E-state index >= 15 is 0 Å². The summed E-state index contributed by atoms with van der Waals surface area (Å²) in [4.78, 5) is 25.0. The molecule has 2 amide bonds. The Labute approximate surface area is 130 Å². The van der Waals surface area contributed by atoms with Gasteiger partial charge in [-0.15, -0.1) is 11.8 Å². The van der Waals surface area contributed by atoms with Gasteiger partial charge >= 0.3 is 0 Å². The highest BCUT2D eigenvalue weighted by molar-refractivity contribution is 7.98. The highest BCUT2D eigenvalue weighted by Crippen LogP contribution is 2.29. The fourth-order valence-corrected chi connectivity index (χ4v) is 3.42. The van der Waals surface area contributed by atoms with E-state index in [4.69, 9.17) is 0 Å². The van der Waals surface area contributed by atoms with Crippen molar-refractivity contribution in [3.05, 3.63) is 24.3 Å². The third-order valence-electron chi connectivity index (χ3n) is 3.88. The van der Waals surface area contributed by atoms with E-state index in [2.05, 4.69) is 10.6 Å². The SMILES string of the molecule is CSc1ccccc1NC(=O)[C@@H](NC(C)=O)C1CCCC1. The third-order valence-corrected chi connectivity index (χ3v) is 4.67. The van der Waals surface area contributed by atoms with Gasteiger partial charge in [0.25, 0.3) is 0 Å². The minimum absolute atomic E-state index is 0.112. The molecule has 1 atom stereocenters. The minimum Gasteiger partial charge on any atom is -0.344 e. The minimum atomic E-state index is -0.431. The Morgan fingerprint density at radius 2 is 1.90 bits per heavy atom. The van der Waals surface area contributed by atoms with Crippen LogP contribution in [0.5, 0.6) is 0 Å². The van der Waals surface area contributed by atoms with Crippen LogP contribution in [0.15, 0.2) is 29.2 Å². The van der Waals surface area contributed by atoms with Gasteiger partial charge in [-0.2, -0.15) is 0 Å². The van der Waals surface area contributed by atoms with Gasteiger partial charge in [0.15, 0.2) is 0 Å². The first kappa shape index (κ1) is 15.9. The van der Waals surface area contributed by atoms with Gasteiger partial charge in [-0.05, 0) is 37.1 Å². The number of carbonyl (C=O) groups excluding carboxylic acids is 2. The van der Waals surface area contributed by atoms with Gasteiger partial charge in [0.2, 0.25) is 11.8 Å². The molecule has 4 nitrogen and oxygen atoms in total. The van der Waals surface area contributed by atoms with Gasteiger partial charge in [-0.1, -0.05) is 25.0 Å². The average molecular weight is 306 g/mol. The Kier molecular flexibility index (Phi) is 5.67. The van der Waals surface area contributed by atoms with Gasteiger partial charge in [-0.3, -0.25) is 9.59 Å². The van der Waals surface area contributed by atoms with Gasteiger partial charge in [-0.25, -0.2) is 0 Å². The molecule has 0 unspecified atom stereocenters. The maximum absolute atomic E-state index is 12.6. The summed E-state index contributed by atoms with van der Waals surface area (Å²) < 4.78 is 0. The Morgan fingerprint density at radius 1 is 1.24 bits per heavy atom. The number of anilines is 1. The summed E-state index contributed by atoms with van der Waals surface area (Å²) in [5.74, 6) is -0.0193. The van der Waals surface area contributed by atoms with Crippen LogP contribution in [0.4, 0.5) is 5.69 Å². The summed E-state index contributed by atoms with van der Waals surface area (Å²) in [6.07, 6.45) is 6.25. The molecule has 114 valence electrons. The lowest BCUT2D eigenvalue weighted by Gasteiger charge is -2.23. The molecular weight excluding hydrogens is 284 g/mol. The summed E-state index contributed by atoms with van der Waals surface area (Å²) in [6.45, 7) is 1.46. The van der Waals surface area contributed by atoms with E-state index in [1.165, 1.54) is 6.92 Å². The second-order valence-electron chi connectivity index (χ2n) is 5.41. The van der Waals surface area contributed by atoms with Crippen LogP contribution in [-0.2, 0) is 9.59 Å². The Hall–Kier alpha value is -1.49. The normalized spacial score (nSPS) is 16.5. The zero-order valence-electron chi connectivity index (χ0n) is 12.5. The lowest BCUT2D eigenvalue weighted by atomic mass is 9.97. The smallest absolute Gasteiger partial charge is 0.247 e. The standard InChI is InChI=1S/C16H22N2O2S/c1-11(19)17-15(12-7-3-4-8-12)16(20)18-13-9-5-6-10-14(13)21-2/h5-6,9-10,12,15H,3-4,7-8H2,1-2H3,(H,17,19)(H,18,20)/t15-/m0/s1. The van der Waals surface area contributed by atoms with Crippen molar-refractivity contribution in [3.63, 3.8) is 0 Å². The molecule has 2 N–H and O–H groups in total. The van der Waals surface area contributed by atoms with E-state index in [1.54, 1.807) is 11.8 Å². The fourth-order valence-electron chi connectivity index (χ4n) is 2.87. The molecule has 5 heteroatoms. The predicted molar refractivity (Wildman–Crippen MR) is 86.4 cm³/mol. The Bertz CT molecular complexity index is 513. The van der Waals surface area contributed by atoms with Crippen molar-refractivity contribution in [3.8, 4) is 0 Å². The topological polar surface area (TPSA) is 58.2 Å². The number of para-hydroxylation sites is 1. The molecule has 1 fully saturated rings. The lowest BCUT2D eigenvalue weighted by Crippen LogP contribution is -2.47. The summed E-state index contributed by atoms with van der Waals surface area (Å²) in [7, 11) is 0. The molecule has 0 saturated heterocycles. The molecule has 1 aliphatic rings. The monoisotopic (exact) mass is 306 g/mol. The molecule has 1 aromatic carbocycles. The van der Waals surface area contributed by atoms with Crippen LogP contribution in [0.1, 0.15) is 32.6 Å². The lowest BCUT2D eigenvalue weighted by molar-refractivity contribution is -0.126. The van der Waals surface area contributed by atoms with E-state index in [1.807, 2.05) is 30.5 Å². The van der Waals surface area contributed by atoms with Crippen molar-refractivity contribution < 1.29 is 9.59 Å². The molecule has 21 heavy (non-hydrogen) atoms. The molecule has 1 aliphatic carbocycles. The van der Waals surface area contributed by atoms with Crippen molar-refractivity contribution in [2.24, 2.45) is 5.92 Å². The fraction of sp³-hybridized carbons (Fsp3) is 0.500. The molecule has 0 radical (unpaired) electrons. The molecule has 2 rings (SSSR count). The molecular formula is C16H22N2O2S. The highest BCUT2D eigenvalue weighted by Gasteiger charge is 2.31. The Balaban J connectivity index is 2.12. The molecule has 0 bridgehead atoms. The van der Waals surface area contributed by atoms with Crippen LogP contribution >= 0.6 is 11.8 Å². The number of thioether (sulfide) groups is 1. The first-order chi connectivity index (χ1) is 10.1. The molecule has 1 aromatic rings. The molecule has 0 aromatic heterocycles. The van der Waals surface area contributed by atoms with E-state index in [0.717, 1.165) is 36.3 Å². The molecule has 0 aliphatic heterocycles. The van der Waals surface area contributed by atoms with Crippen LogP contribution < -0.4 is 10.6 Å². The van der Waals surface area contributed by atoms with Crippen LogP contribution in [-0.4, -0.2) is 24.1 Å². The average Bonchev–Trinajstić information content (AvgIpc) is 2.99. The summed E-state index contributed by atoms with van der Waals surface area (Å²) in [5.41, 5.74) is 0.809. The largest absolute Gasteiger partial charge is 0.344 e. The number of carbonyl (C=O) groups is 2. The van der Waals surface area contributed by atoms with Gasteiger partial charge in [0, 0.05) is 11.8 Å². The number of benzene rings is 1. The molecule has 1 saturated carbocycles. The second kappa shape index (κ2) is 7.50. The van der Waals surface area contributed by atoms with Gasteiger partial charge < -0.3 is 10.6 Å². The first-order valence-corrected chi connectivity index (χ1v) is 8.55. The van der Waals surface area contributed by atoms with Crippen LogP contribution in [0.3, 0.4) is 0 Å². The third kappa shape index (κ3) is 4.24. The van der Waals surface area contributed by atoms with E-state index in [9.17, 15) is 9.59 Å². The number of hydrogen-bond acceptors (Lipinski definition) is 3. The molecule has 0 spiro atoms. The van der Waals surface area contributed by atoms with Crippen LogP contribution in [0, 0.1) is 5.92 Å².